The first-order valence-electron chi connectivity index (χ1n) is 13.6. The Labute approximate surface area is 213 Å². The average Bonchev–Trinajstić information content (AvgIpc) is 2.83. The zero-order chi connectivity index (χ0) is 23.9. The van der Waals surface area contributed by atoms with Crippen LogP contribution in [0.2, 0.25) is 0 Å². The van der Waals surface area contributed by atoms with Crippen molar-refractivity contribution in [2.75, 3.05) is 71.0 Å². The largest absolute Gasteiger partial charge is 0.394 e. The molecule has 0 rings (SSSR count). The van der Waals surface area contributed by atoms with E-state index in [2.05, 4.69) is 28.5 Å². The molecule has 0 saturated carbocycles. The van der Waals surface area contributed by atoms with Gasteiger partial charge in [0.25, 0.3) is 0 Å². The average molecular weight is 511 g/mol. The van der Waals surface area contributed by atoms with Crippen LogP contribution in [0.1, 0.15) is 96.8 Å². The molecular formula is C26H54O5S2. The van der Waals surface area contributed by atoms with Gasteiger partial charge in [-0.25, -0.2) is 0 Å². The third kappa shape index (κ3) is 32.5. The third-order valence-electron chi connectivity index (χ3n) is 5.28. The summed E-state index contributed by atoms with van der Waals surface area (Å²) >= 11 is 0. The first-order chi connectivity index (χ1) is 16.4. The summed E-state index contributed by atoms with van der Waals surface area (Å²) in [4.78, 5) is 0. The predicted molar refractivity (Wildman–Crippen MR) is 146 cm³/mol. The van der Waals surface area contributed by atoms with E-state index in [4.69, 9.17) is 24.1 Å². The molecule has 0 aromatic carbocycles. The summed E-state index contributed by atoms with van der Waals surface area (Å²) in [5.41, 5.74) is 0. The summed E-state index contributed by atoms with van der Waals surface area (Å²) in [6.45, 7) is 7.05. The van der Waals surface area contributed by atoms with Crippen LogP contribution in [0.15, 0.2) is 0 Å². The van der Waals surface area contributed by atoms with Crippen LogP contribution in [0.3, 0.4) is 0 Å². The molecule has 7 heteroatoms. The van der Waals surface area contributed by atoms with E-state index in [1.807, 2.05) is 0 Å². The van der Waals surface area contributed by atoms with Crippen molar-refractivity contribution >= 4 is 21.6 Å². The SMILES string of the molecule is CCCCCCCSSCCCCCCCCCCCOCCOCCOCCOCCO. The van der Waals surface area contributed by atoms with Crippen molar-refractivity contribution < 1.29 is 24.1 Å². The van der Waals surface area contributed by atoms with E-state index in [0.717, 1.165) is 13.0 Å². The number of ether oxygens (including phenoxy) is 4. The van der Waals surface area contributed by atoms with Gasteiger partial charge in [-0.05, 0) is 19.3 Å². The van der Waals surface area contributed by atoms with Gasteiger partial charge in [-0.1, -0.05) is 99.1 Å². The molecule has 0 aromatic rings. The molecule has 0 aliphatic carbocycles. The van der Waals surface area contributed by atoms with Gasteiger partial charge < -0.3 is 24.1 Å². The van der Waals surface area contributed by atoms with Crippen LogP contribution in [0, 0.1) is 0 Å². The number of unbranched alkanes of at least 4 members (excludes halogenated alkanes) is 12. The molecular weight excluding hydrogens is 456 g/mol. The first kappa shape index (κ1) is 33.5. The van der Waals surface area contributed by atoms with E-state index in [9.17, 15) is 0 Å². The third-order valence-corrected chi connectivity index (χ3v) is 7.86. The van der Waals surface area contributed by atoms with Gasteiger partial charge >= 0.3 is 0 Å². The molecule has 200 valence electrons. The second kappa shape index (κ2) is 32.5. The summed E-state index contributed by atoms with van der Waals surface area (Å²) in [5.74, 6) is 2.67. The Kier molecular flexibility index (Phi) is 33.0. The van der Waals surface area contributed by atoms with E-state index in [-0.39, 0.29) is 6.61 Å². The standard InChI is InChI=1S/C26H54O5S2/c1-2-3-4-11-14-25-32-33-26-15-12-9-7-5-6-8-10-13-17-28-19-21-30-23-24-31-22-20-29-18-16-27/h27H,2-26H2,1H3. The Bertz CT molecular complexity index is 308. The number of rotatable bonds is 30. The molecule has 0 radical (unpaired) electrons. The minimum absolute atomic E-state index is 0.0570. The Hall–Kier alpha value is 0.500. The fourth-order valence-electron chi connectivity index (χ4n) is 3.31. The van der Waals surface area contributed by atoms with Gasteiger partial charge in [-0.15, -0.1) is 0 Å². The van der Waals surface area contributed by atoms with E-state index >= 15 is 0 Å². The quantitative estimate of drug-likeness (QED) is 0.0832. The van der Waals surface area contributed by atoms with E-state index in [0.29, 0.717) is 46.2 Å². The molecule has 0 heterocycles. The minimum atomic E-state index is 0.0570. The molecule has 5 nitrogen and oxygen atoms in total. The lowest BCUT2D eigenvalue weighted by atomic mass is 10.1. The highest BCUT2D eigenvalue weighted by Gasteiger charge is 1.96. The van der Waals surface area contributed by atoms with Gasteiger partial charge in [-0.2, -0.15) is 0 Å². The zero-order valence-corrected chi connectivity index (χ0v) is 23.2. The molecule has 0 spiro atoms. The highest BCUT2D eigenvalue weighted by molar-refractivity contribution is 8.76. The van der Waals surface area contributed by atoms with Crippen LogP contribution in [-0.2, 0) is 18.9 Å². The topological polar surface area (TPSA) is 57.2 Å². The molecule has 0 amide bonds. The van der Waals surface area contributed by atoms with Crippen molar-refractivity contribution in [3.63, 3.8) is 0 Å². The second-order valence-corrected chi connectivity index (χ2v) is 11.1. The molecule has 0 aliphatic rings. The molecule has 33 heavy (non-hydrogen) atoms. The van der Waals surface area contributed by atoms with Crippen LogP contribution < -0.4 is 0 Å². The minimum Gasteiger partial charge on any atom is -0.394 e. The maximum atomic E-state index is 8.57. The van der Waals surface area contributed by atoms with Gasteiger partial charge in [0.1, 0.15) is 0 Å². The molecule has 0 aliphatic heterocycles. The van der Waals surface area contributed by atoms with Crippen molar-refractivity contribution in [1.82, 2.24) is 0 Å². The maximum absolute atomic E-state index is 8.57. The van der Waals surface area contributed by atoms with Crippen LogP contribution >= 0.6 is 21.6 Å². The summed E-state index contributed by atoms with van der Waals surface area (Å²) in [6.07, 6.45) is 19.2. The summed E-state index contributed by atoms with van der Waals surface area (Å²) in [5, 5.41) is 8.57. The van der Waals surface area contributed by atoms with Crippen molar-refractivity contribution in [3.05, 3.63) is 0 Å². The van der Waals surface area contributed by atoms with Gasteiger partial charge in [-0.3, -0.25) is 0 Å². The highest BCUT2D eigenvalue weighted by Crippen LogP contribution is 2.24. The van der Waals surface area contributed by atoms with Crippen molar-refractivity contribution in [3.8, 4) is 0 Å². The van der Waals surface area contributed by atoms with Crippen LogP contribution in [0.5, 0.6) is 0 Å². The molecule has 0 bridgehead atoms. The lowest BCUT2D eigenvalue weighted by Crippen LogP contribution is -2.12. The van der Waals surface area contributed by atoms with E-state index in [1.165, 1.54) is 95.0 Å². The van der Waals surface area contributed by atoms with Crippen LogP contribution in [0.4, 0.5) is 0 Å². The predicted octanol–water partition coefficient (Wildman–Crippen LogP) is 6.91. The smallest absolute Gasteiger partial charge is 0.0701 e. The lowest BCUT2D eigenvalue weighted by Gasteiger charge is -2.07. The summed E-state index contributed by atoms with van der Waals surface area (Å²) in [6, 6.07) is 0. The molecule has 0 atom stereocenters. The van der Waals surface area contributed by atoms with Gasteiger partial charge in [0, 0.05) is 18.1 Å². The molecule has 0 aromatic heterocycles. The second-order valence-electron chi connectivity index (χ2n) is 8.41. The number of hydrogen-bond acceptors (Lipinski definition) is 7. The number of aliphatic hydroxyl groups is 1. The van der Waals surface area contributed by atoms with Gasteiger partial charge in [0.05, 0.1) is 52.9 Å². The Morgan fingerprint density at radius 3 is 1.24 bits per heavy atom. The number of aliphatic hydroxyl groups excluding tert-OH is 1. The van der Waals surface area contributed by atoms with Gasteiger partial charge in [0.2, 0.25) is 0 Å². The molecule has 1 N–H and O–H groups in total. The van der Waals surface area contributed by atoms with Crippen molar-refractivity contribution in [1.29, 1.82) is 0 Å². The van der Waals surface area contributed by atoms with Crippen molar-refractivity contribution in [2.24, 2.45) is 0 Å². The van der Waals surface area contributed by atoms with E-state index in [1.54, 1.807) is 0 Å². The Morgan fingerprint density at radius 1 is 0.424 bits per heavy atom. The first-order valence-corrected chi connectivity index (χ1v) is 16.1. The monoisotopic (exact) mass is 510 g/mol. The van der Waals surface area contributed by atoms with Crippen LogP contribution in [0.25, 0.3) is 0 Å². The van der Waals surface area contributed by atoms with Crippen LogP contribution in [-0.4, -0.2) is 76.1 Å². The van der Waals surface area contributed by atoms with Crippen molar-refractivity contribution in [2.45, 2.75) is 96.8 Å². The zero-order valence-electron chi connectivity index (χ0n) is 21.6. The van der Waals surface area contributed by atoms with E-state index < -0.39 is 0 Å². The molecule has 0 saturated heterocycles. The number of hydrogen-bond donors (Lipinski definition) is 1. The molecule has 0 fully saturated rings. The lowest BCUT2D eigenvalue weighted by molar-refractivity contribution is -0.00577. The highest BCUT2D eigenvalue weighted by atomic mass is 33.1. The fraction of sp³-hybridized carbons (Fsp3) is 1.00. The summed E-state index contributed by atoms with van der Waals surface area (Å²) in [7, 11) is 4.18. The fourth-order valence-corrected chi connectivity index (χ4v) is 5.61. The normalized spacial score (nSPS) is 11.5. The molecule has 0 unspecified atom stereocenters. The maximum Gasteiger partial charge on any atom is 0.0701 e. The summed E-state index contributed by atoms with van der Waals surface area (Å²) < 4.78 is 21.5. The Balaban J connectivity index is 2.99. The van der Waals surface area contributed by atoms with Gasteiger partial charge in [0.15, 0.2) is 0 Å². The Morgan fingerprint density at radius 2 is 0.788 bits per heavy atom.